The van der Waals surface area contributed by atoms with Crippen molar-refractivity contribution < 1.29 is 4.79 Å². The largest absolute Gasteiger partial charge is 0.321 e. The second-order valence-electron chi connectivity index (χ2n) is 5.56. The number of aryl methyl sites for hydroxylation is 2. The monoisotopic (exact) mass is 245 g/mol. The van der Waals surface area contributed by atoms with Gasteiger partial charge >= 0.3 is 0 Å². The molecule has 1 aromatic rings. The predicted molar refractivity (Wildman–Crippen MR) is 74.6 cm³/mol. The molecule has 0 spiro atoms. The zero-order valence-electron chi connectivity index (χ0n) is 11.4. The van der Waals surface area contributed by atoms with Crippen LogP contribution in [0.4, 0.5) is 0 Å². The van der Waals surface area contributed by atoms with E-state index in [-0.39, 0.29) is 17.7 Å². The third-order valence-corrected chi connectivity index (χ3v) is 4.19. The van der Waals surface area contributed by atoms with E-state index in [0.717, 1.165) is 12.8 Å². The third kappa shape index (κ3) is 2.81. The molecule has 0 bridgehead atoms. The number of hydrogen-bond acceptors (Lipinski definition) is 2. The van der Waals surface area contributed by atoms with Crippen LogP contribution in [0.2, 0.25) is 0 Å². The molecule has 0 saturated heterocycles. The van der Waals surface area contributed by atoms with Crippen LogP contribution in [0, 0.1) is 19.8 Å². The number of hydrogen-bond donors (Lipinski definition) is 1. The van der Waals surface area contributed by atoms with Crippen LogP contribution >= 0.6 is 0 Å². The van der Waals surface area contributed by atoms with E-state index < -0.39 is 0 Å². The highest BCUT2D eigenvalue weighted by atomic mass is 16.1. The Morgan fingerprint density at radius 1 is 1.28 bits per heavy atom. The first-order chi connectivity index (χ1) is 8.59. The van der Waals surface area contributed by atoms with Gasteiger partial charge in [0.2, 0.25) is 0 Å². The molecule has 0 heterocycles. The van der Waals surface area contributed by atoms with E-state index in [9.17, 15) is 4.79 Å². The van der Waals surface area contributed by atoms with Crippen LogP contribution in [0.15, 0.2) is 18.2 Å². The maximum atomic E-state index is 12.2. The minimum absolute atomic E-state index is 0.226. The zero-order chi connectivity index (χ0) is 13.1. The number of rotatable bonds is 4. The van der Waals surface area contributed by atoms with Gasteiger partial charge in [-0.25, -0.2) is 0 Å². The zero-order valence-corrected chi connectivity index (χ0v) is 11.4. The average molecular weight is 245 g/mol. The summed E-state index contributed by atoms with van der Waals surface area (Å²) in [5, 5.41) is 0. The Labute approximate surface area is 110 Å². The number of benzene rings is 1. The Bertz CT molecular complexity index is 412. The number of Topliss-reactive ketones (excluding diaryl/α,β-unsaturated/α-hetero) is 1. The smallest absolute Gasteiger partial charge is 0.152 e. The normalized spacial score (nSPS) is 17.9. The highest BCUT2D eigenvalue weighted by Crippen LogP contribution is 2.27. The van der Waals surface area contributed by atoms with Gasteiger partial charge in [0.15, 0.2) is 5.78 Å². The standard InChI is InChI=1S/C16H23NO/c1-11-6-5-7-12(2)14(11)10-15(17)16(18)13-8-3-4-9-13/h5-7,13,15H,3-4,8-10,17H2,1-2H3/t15-/m0/s1. The Kier molecular flexibility index (Phi) is 4.18. The second-order valence-corrected chi connectivity index (χ2v) is 5.56. The fraction of sp³-hybridized carbons (Fsp3) is 0.562. The van der Waals surface area contributed by atoms with Gasteiger partial charge in [-0.1, -0.05) is 31.0 Å². The summed E-state index contributed by atoms with van der Waals surface area (Å²) >= 11 is 0. The fourth-order valence-electron chi connectivity index (χ4n) is 3.00. The molecule has 1 fully saturated rings. The number of ketones is 1. The van der Waals surface area contributed by atoms with Crippen molar-refractivity contribution >= 4 is 5.78 Å². The summed E-state index contributed by atoms with van der Waals surface area (Å²) in [5.41, 5.74) is 9.84. The maximum Gasteiger partial charge on any atom is 0.152 e. The first-order valence-electron chi connectivity index (χ1n) is 6.94. The van der Waals surface area contributed by atoms with Crippen molar-refractivity contribution in [2.24, 2.45) is 11.7 Å². The van der Waals surface area contributed by atoms with E-state index in [1.54, 1.807) is 0 Å². The number of carbonyl (C=O) groups excluding carboxylic acids is 1. The Morgan fingerprint density at radius 2 is 1.83 bits per heavy atom. The summed E-state index contributed by atoms with van der Waals surface area (Å²) in [7, 11) is 0. The predicted octanol–water partition coefficient (Wildman–Crippen LogP) is 2.93. The molecule has 0 amide bonds. The van der Waals surface area contributed by atoms with Crippen LogP contribution in [0.3, 0.4) is 0 Å². The molecular weight excluding hydrogens is 222 g/mol. The van der Waals surface area contributed by atoms with E-state index in [4.69, 9.17) is 5.73 Å². The van der Waals surface area contributed by atoms with Crippen molar-refractivity contribution in [3.8, 4) is 0 Å². The SMILES string of the molecule is Cc1cccc(C)c1C[C@H](N)C(=O)C1CCCC1. The fourth-order valence-corrected chi connectivity index (χ4v) is 3.00. The van der Waals surface area contributed by atoms with Gasteiger partial charge in [0.1, 0.15) is 0 Å². The van der Waals surface area contributed by atoms with E-state index in [0.29, 0.717) is 6.42 Å². The summed E-state index contributed by atoms with van der Waals surface area (Å²) in [5.74, 6) is 0.500. The maximum absolute atomic E-state index is 12.2. The Balaban J connectivity index is 2.06. The molecule has 1 aliphatic rings. The average Bonchev–Trinajstić information content (AvgIpc) is 2.86. The first-order valence-corrected chi connectivity index (χ1v) is 6.94. The van der Waals surface area contributed by atoms with Crippen molar-refractivity contribution in [2.45, 2.75) is 52.0 Å². The highest BCUT2D eigenvalue weighted by molar-refractivity contribution is 5.86. The number of nitrogens with two attached hydrogens (primary N) is 1. The summed E-state index contributed by atoms with van der Waals surface area (Å²) in [6.45, 7) is 4.18. The van der Waals surface area contributed by atoms with Gasteiger partial charge in [0, 0.05) is 5.92 Å². The summed E-state index contributed by atoms with van der Waals surface area (Å²) in [6.07, 6.45) is 5.14. The van der Waals surface area contributed by atoms with Crippen molar-refractivity contribution in [3.05, 3.63) is 34.9 Å². The molecule has 2 N–H and O–H groups in total. The van der Waals surface area contributed by atoms with Crippen LogP contribution in [0.25, 0.3) is 0 Å². The van der Waals surface area contributed by atoms with Crippen molar-refractivity contribution in [2.75, 3.05) is 0 Å². The second kappa shape index (κ2) is 5.66. The van der Waals surface area contributed by atoms with Crippen LogP contribution in [-0.2, 0) is 11.2 Å². The van der Waals surface area contributed by atoms with Gasteiger partial charge < -0.3 is 5.73 Å². The lowest BCUT2D eigenvalue weighted by atomic mass is 9.90. The molecule has 1 atom stereocenters. The third-order valence-electron chi connectivity index (χ3n) is 4.19. The molecule has 2 heteroatoms. The molecule has 0 unspecified atom stereocenters. The lowest BCUT2D eigenvalue weighted by molar-refractivity contribution is -0.123. The van der Waals surface area contributed by atoms with Crippen molar-refractivity contribution in [1.29, 1.82) is 0 Å². The van der Waals surface area contributed by atoms with Gasteiger partial charge in [0.05, 0.1) is 6.04 Å². The van der Waals surface area contributed by atoms with Crippen LogP contribution in [-0.4, -0.2) is 11.8 Å². The Morgan fingerprint density at radius 3 is 2.39 bits per heavy atom. The molecular formula is C16H23NO. The molecule has 98 valence electrons. The highest BCUT2D eigenvalue weighted by Gasteiger charge is 2.27. The molecule has 1 aromatic carbocycles. The van der Waals surface area contributed by atoms with Gasteiger partial charge in [-0.3, -0.25) is 4.79 Å². The molecule has 1 aliphatic carbocycles. The van der Waals surface area contributed by atoms with E-state index >= 15 is 0 Å². The van der Waals surface area contributed by atoms with Gasteiger partial charge in [-0.15, -0.1) is 0 Å². The molecule has 2 nitrogen and oxygen atoms in total. The first kappa shape index (κ1) is 13.3. The van der Waals surface area contributed by atoms with E-state index in [2.05, 4.69) is 32.0 Å². The molecule has 18 heavy (non-hydrogen) atoms. The quantitative estimate of drug-likeness (QED) is 0.886. The topological polar surface area (TPSA) is 43.1 Å². The van der Waals surface area contributed by atoms with Crippen LogP contribution < -0.4 is 5.73 Å². The van der Waals surface area contributed by atoms with E-state index in [1.807, 2.05) is 0 Å². The molecule has 0 aliphatic heterocycles. The summed E-state index contributed by atoms with van der Waals surface area (Å²) in [4.78, 5) is 12.2. The van der Waals surface area contributed by atoms with Crippen molar-refractivity contribution in [1.82, 2.24) is 0 Å². The van der Waals surface area contributed by atoms with Gasteiger partial charge in [0.25, 0.3) is 0 Å². The van der Waals surface area contributed by atoms with Crippen molar-refractivity contribution in [3.63, 3.8) is 0 Å². The van der Waals surface area contributed by atoms with E-state index in [1.165, 1.54) is 29.5 Å². The summed E-state index contributed by atoms with van der Waals surface area (Å²) < 4.78 is 0. The van der Waals surface area contributed by atoms with Gasteiger partial charge in [-0.2, -0.15) is 0 Å². The van der Waals surface area contributed by atoms with Gasteiger partial charge in [-0.05, 0) is 49.8 Å². The van der Waals surface area contributed by atoms with Crippen LogP contribution in [0.1, 0.15) is 42.4 Å². The lowest BCUT2D eigenvalue weighted by Crippen LogP contribution is -2.37. The Hall–Kier alpha value is -1.15. The molecule has 0 radical (unpaired) electrons. The molecule has 1 saturated carbocycles. The minimum atomic E-state index is -0.326. The number of carbonyl (C=O) groups is 1. The molecule has 0 aromatic heterocycles. The lowest BCUT2D eigenvalue weighted by Gasteiger charge is -2.17. The molecule has 2 rings (SSSR count). The summed E-state index contributed by atoms with van der Waals surface area (Å²) in [6, 6.07) is 5.91. The van der Waals surface area contributed by atoms with Crippen LogP contribution in [0.5, 0.6) is 0 Å². The minimum Gasteiger partial charge on any atom is -0.321 e.